The lowest BCUT2D eigenvalue weighted by atomic mass is 10.0. The van der Waals surface area contributed by atoms with E-state index in [1.807, 2.05) is 0 Å². The van der Waals surface area contributed by atoms with Gasteiger partial charge in [-0.3, -0.25) is 4.79 Å². The van der Waals surface area contributed by atoms with Crippen LogP contribution < -0.4 is 5.32 Å². The molecule has 2 atom stereocenters. The molecule has 0 saturated carbocycles. The molecule has 0 radical (unpaired) electrons. The number of thiol groups is 1. The number of hydrogen-bond acceptors (Lipinski definition) is 4. The lowest BCUT2D eigenvalue weighted by Crippen LogP contribution is -2.45. The van der Waals surface area contributed by atoms with Crippen molar-refractivity contribution in [1.82, 2.24) is 5.32 Å². The molecule has 1 N–H and O–H groups in total. The van der Waals surface area contributed by atoms with Gasteiger partial charge >= 0.3 is 6.09 Å². The highest BCUT2D eigenvalue weighted by molar-refractivity contribution is 7.81. The molecule has 0 heterocycles. The van der Waals surface area contributed by atoms with E-state index in [9.17, 15) is 9.59 Å². The van der Waals surface area contributed by atoms with Crippen molar-refractivity contribution in [2.45, 2.75) is 44.1 Å². The molecular weight excluding hydrogens is 226 g/mol. The second-order valence-electron chi connectivity index (χ2n) is 4.77. The number of ketones is 1. The Kier molecular flexibility index (Phi) is 4.02. The van der Waals surface area contributed by atoms with Crippen LogP contribution in [0.2, 0.25) is 0 Å². The smallest absolute Gasteiger partial charge is 0.407 e. The predicted molar refractivity (Wildman–Crippen MR) is 64.7 cm³/mol. The summed E-state index contributed by atoms with van der Waals surface area (Å²) in [7, 11) is 0. The van der Waals surface area contributed by atoms with E-state index in [0.29, 0.717) is 0 Å². The first-order chi connectivity index (χ1) is 7.28. The number of hydrogen-bond donors (Lipinski definition) is 2. The topological polar surface area (TPSA) is 55.4 Å². The van der Waals surface area contributed by atoms with Gasteiger partial charge in [-0.15, -0.1) is 0 Å². The van der Waals surface area contributed by atoms with Crippen LogP contribution in [0.1, 0.15) is 27.2 Å². The second-order valence-corrected chi connectivity index (χ2v) is 5.37. The van der Waals surface area contributed by atoms with Crippen molar-refractivity contribution < 1.29 is 14.3 Å². The van der Waals surface area contributed by atoms with Crippen molar-refractivity contribution in [2.75, 3.05) is 0 Å². The summed E-state index contributed by atoms with van der Waals surface area (Å²) in [4.78, 5) is 22.6. The molecule has 0 saturated heterocycles. The fraction of sp³-hybridized carbons (Fsp3) is 0.636. The summed E-state index contributed by atoms with van der Waals surface area (Å²) in [6.45, 7) is 5.37. The van der Waals surface area contributed by atoms with E-state index in [2.05, 4.69) is 17.9 Å². The van der Waals surface area contributed by atoms with Crippen LogP contribution in [0, 0.1) is 0 Å². The maximum absolute atomic E-state index is 11.5. The van der Waals surface area contributed by atoms with Gasteiger partial charge in [-0.25, -0.2) is 4.79 Å². The summed E-state index contributed by atoms with van der Waals surface area (Å²) in [5.74, 6) is -0.00800. The standard InChI is InChI=1S/C11H17NO3S/c1-11(2,3)15-10(14)12-8-6-7(13)4-5-9(8)16/h4-5,8-9,16H,6H2,1-3H3,(H,12,14). The first-order valence-electron chi connectivity index (χ1n) is 5.16. The molecule has 90 valence electrons. The lowest BCUT2D eigenvalue weighted by molar-refractivity contribution is -0.115. The largest absolute Gasteiger partial charge is 0.444 e. The first kappa shape index (κ1) is 13.1. The van der Waals surface area contributed by atoms with Crippen LogP contribution in [0.4, 0.5) is 4.79 Å². The minimum absolute atomic E-state index is 0.00800. The minimum atomic E-state index is -0.537. The normalized spacial score (nSPS) is 25.4. The lowest BCUT2D eigenvalue weighted by Gasteiger charge is -2.26. The Labute approximate surface area is 101 Å². The Balaban J connectivity index is 2.51. The number of carbonyl (C=O) groups excluding carboxylic acids is 2. The van der Waals surface area contributed by atoms with Crippen molar-refractivity contribution in [3.05, 3.63) is 12.2 Å². The number of ether oxygens (including phenoxy) is 1. The molecule has 0 spiro atoms. The molecule has 1 aliphatic rings. The quantitative estimate of drug-likeness (QED) is 0.689. The molecule has 0 aromatic rings. The van der Waals surface area contributed by atoms with Gasteiger partial charge < -0.3 is 10.1 Å². The molecule has 0 aromatic carbocycles. The molecule has 4 nitrogen and oxygen atoms in total. The Bertz CT molecular complexity index is 320. The summed E-state index contributed by atoms with van der Waals surface area (Å²) < 4.78 is 5.10. The summed E-state index contributed by atoms with van der Waals surface area (Å²) in [5, 5.41) is 2.50. The number of allylic oxidation sites excluding steroid dienone is 1. The van der Waals surface area contributed by atoms with Crippen molar-refractivity contribution in [3.63, 3.8) is 0 Å². The molecule has 1 aliphatic carbocycles. The Hall–Kier alpha value is -0.970. The zero-order valence-corrected chi connectivity index (χ0v) is 10.6. The fourth-order valence-corrected chi connectivity index (χ4v) is 1.61. The number of carbonyl (C=O) groups is 2. The average Bonchev–Trinajstić information content (AvgIpc) is 2.08. The highest BCUT2D eigenvalue weighted by Gasteiger charge is 2.26. The van der Waals surface area contributed by atoms with Gasteiger partial charge in [-0.05, 0) is 26.8 Å². The van der Waals surface area contributed by atoms with E-state index in [0.717, 1.165) is 0 Å². The van der Waals surface area contributed by atoms with Gasteiger partial charge in [-0.2, -0.15) is 12.6 Å². The van der Waals surface area contributed by atoms with Crippen LogP contribution in [-0.2, 0) is 9.53 Å². The molecule has 0 bridgehead atoms. The fourth-order valence-electron chi connectivity index (χ4n) is 1.34. The number of alkyl carbamates (subject to hydrolysis) is 1. The molecule has 0 fully saturated rings. The van der Waals surface area contributed by atoms with E-state index in [1.54, 1.807) is 26.8 Å². The van der Waals surface area contributed by atoms with E-state index < -0.39 is 11.7 Å². The first-order valence-corrected chi connectivity index (χ1v) is 5.68. The minimum Gasteiger partial charge on any atom is -0.444 e. The van der Waals surface area contributed by atoms with Crippen LogP contribution in [-0.4, -0.2) is 28.8 Å². The monoisotopic (exact) mass is 243 g/mol. The predicted octanol–water partition coefficient (Wildman–Crippen LogP) is 1.71. The molecule has 1 rings (SSSR count). The van der Waals surface area contributed by atoms with Gasteiger partial charge in [0.05, 0.1) is 6.04 Å². The van der Waals surface area contributed by atoms with Crippen LogP contribution in [0.3, 0.4) is 0 Å². The Morgan fingerprint density at radius 2 is 2.19 bits per heavy atom. The number of nitrogens with one attached hydrogen (secondary N) is 1. The molecule has 16 heavy (non-hydrogen) atoms. The van der Waals surface area contributed by atoms with Gasteiger partial charge in [-0.1, -0.05) is 6.08 Å². The van der Waals surface area contributed by atoms with Crippen LogP contribution in [0.15, 0.2) is 12.2 Å². The summed E-state index contributed by atoms with van der Waals surface area (Å²) >= 11 is 4.27. The van der Waals surface area contributed by atoms with Gasteiger partial charge in [0.25, 0.3) is 0 Å². The molecule has 0 aromatic heterocycles. The van der Waals surface area contributed by atoms with Crippen LogP contribution >= 0.6 is 12.6 Å². The average molecular weight is 243 g/mol. The van der Waals surface area contributed by atoms with E-state index in [4.69, 9.17) is 4.74 Å². The van der Waals surface area contributed by atoms with Crippen molar-refractivity contribution in [2.24, 2.45) is 0 Å². The Morgan fingerprint density at radius 3 is 2.75 bits per heavy atom. The summed E-state index contributed by atoms with van der Waals surface area (Å²) in [6, 6.07) is -0.296. The van der Waals surface area contributed by atoms with E-state index in [-0.39, 0.29) is 23.5 Å². The third kappa shape index (κ3) is 4.26. The van der Waals surface area contributed by atoms with Crippen molar-refractivity contribution in [3.8, 4) is 0 Å². The van der Waals surface area contributed by atoms with Crippen molar-refractivity contribution in [1.29, 1.82) is 0 Å². The van der Waals surface area contributed by atoms with Gasteiger partial charge in [0.2, 0.25) is 0 Å². The third-order valence-corrected chi connectivity index (χ3v) is 2.55. The van der Waals surface area contributed by atoms with Crippen molar-refractivity contribution >= 4 is 24.5 Å². The zero-order valence-electron chi connectivity index (χ0n) is 9.69. The highest BCUT2D eigenvalue weighted by Crippen LogP contribution is 2.15. The van der Waals surface area contributed by atoms with Crippen LogP contribution in [0.5, 0.6) is 0 Å². The zero-order chi connectivity index (χ0) is 12.3. The Morgan fingerprint density at radius 1 is 1.56 bits per heavy atom. The van der Waals surface area contributed by atoms with Gasteiger partial charge in [0.15, 0.2) is 5.78 Å². The molecule has 2 unspecified atom stereocenters. The molecule has 1 amide bonds. The number of amides is 1. The SMILES string of the molecule is CC(C)(C)OC(=O)NC1CC(=O)C=CC1S. The van der Waals surface area contributed by atoms with E-state index in [1.165, 1.54) is 6.08 Å². The maximum atomic E-state index is 11.5. The maximum Gasteiger partial charge on any atom is 0.407 e. The molecule has 5 heteroatoms. The van der Waals surface area contributed by atoms with Gasteiger partial charge in [0.1, 0.15) is 5.60 Å². The van der Waals surface area contributed by atoms with E-state index >= 15 is 0 Å². The number of rotatable bonds is 1. The summed E-state index contributed by atoms with van der Waals surface area (Å²) in [6.07, 6.45) is 2.92. The highest BCUT2D eigenvalue weighted by atomic mass is 32.1. The third-order valence-electron chi connectivity index (χ3n) is 2.01. The molecule has 0 aliphatic heterocycles. The van der Waals surface area contributed by atoms with Crippen LogP contribution in [0.25, 0.3) is 0 Å². The molecular formula is C11H17NO3S. The van der Waals surface area contributed by atoms with Gasteiger partial charge in [0, 0.05) is 11.7 Å². The second kappa shape index (κ2) is 4.91. The summed E-state index contributed by atoms with van der Waals surface area (Å²) in [5.41, 5.74) is -0.537.